The summed E-state index contributed by atoms with van der Waals surface area (Å²) in [4.78, 5) is 11.3. The van der Waals surface area contributed by atoms with Gasteiger partial charge in [0.15, 0.2) is 0 Å². The van der Waals surface area contributed by atoms with E-state index in [1.54, 1.807) is 6.07 Å². The summed E-state index contributed by atoms with van der Waals surface area (Å²) in [6, 6.07) is 5.86. The van der Waals surface area contributed by atoms with E-state index in [0.29, 0.717) is 0 Å². The second-order valence-electron chi connectivity index (χ2n) is 4.87. The van der Waals surface area contributed by atoms with Gasteiger partial charge in [-0.3, -0.25) is 10.6 Å². The number of nitrogens with one attached hydrogen (secondary N) is 2. The minimum atomic E-state index is -5.86. The van der Waals surface area contributed by atoms with E-state index in [1.807, 2.05) is 0 Å². The Morgan fingerprint density at radius 2 is 1.58 bits per heavy atom. The second kappa shape index (κ2) is 7.29. The van der Waals surface area contributed by atoms with Crippen LogP contribution >= 0.6 is 0 Å². The monoisotopic (exact) mass is 358 g/mol. The van der Waals surface area contributed by atoms with Crippen molar-refractivity contribution < 1.29 is 35.9 Å². The lowest BCUT2D eigenvalue weighted by molar-refractivity contribution is -0.317. The smallest absolute Gasteiger partial charge is 0.434 e. The summed E-state index contributed by atoms with van der Waals surface area (Å²) in [6.07, 6.45) is -13.6. The Balaban J connectivity index is 3.27. The normalized spacial score (nSPS) is 14.2. The fourth-order valence-electron chi connectivity index (χ4n) is 1.97. The van der Waals surface area contributed by atoms with Gasteiger partial charge >= 0.3 is 18.4 Å². The first-order valence-corrected chi connectivity index (χ1v) is 6.85. The summed E-state index contributed by atoms with van der Waals surface area (Å²) < 4.78 is 84.0. The first-order chi connectivity index (χ1) is 10.9. The van der Waals surface area contributed by atoms with Gasteiger partial charge in [0, 0.05) is 6.04 Å². The topological polar surface area (TPSA) is 50.4 Å². The Labute approximate surface area is 134 Å². The predicted octanol–water partition coefficient (Wildman–Crippen LogP) is 3.90. The van der Waals surface area contributed by atoms with Gasteiger partial charge in [0.05, 0.1) is 6.61 Å². The van der Waals surface area contributed by atoms with Crippen LogP contribution in [0, 0.1) is 0 Å². The number of benzene rings is 1. The van der Waals surface area contributed by atoms with E-state index in [1.165, 1.54) is 36.5 Å². The van der Waals surface area contributed by atoms with Crippen molar-refractivity contribution in [3.05, 3.63) is 35.9 Å². The molecule has 0 heterocycles. The van der Waals surface area contributed by atoms with E-state index in [4.69, 9.17) is 0 Å². The molecule has 0 fully saturated rings. The van der Waals surface area contributed by atoms with Crippen molar-refractivity contribution >= 4 is 6.09 Å². The lowest BCUT2D eigenvalue weighted by atomic mass is 10.0. The van der Waals surface area contributed by atoms with Crippen LogP contribution in [0.4, 0.5) is 31.1 Å². The highest BCUT2D eigenvalue weighted by atomic mass is 19.4. The fourth-order valence-corrected chi connectivity index (χ4v) is 1.97. The SMILES string of the molecule is CCOC(=O)NC(N[C@H](C)c1ccccc1)(C(F)(F)F)C(F)(F)F. The summed E-state index contributed by atoms with van der Waals surface area (Å²) >= 11 is 0. The molecule has 0 saturated carbocycles. The number of hydrogen-bond acceptors (Lipinski definition) is 3. The zero-order valence-electron chi connectivity index (χ0n) is 12.8. The molecular weight excluding hydrogens is 342 g/mol. The molecule has 4 nitrogen and oxygen atoms in total. The lowest BCUT2D eigenvalue weighted by Crippen LogP contribution is -2.75. The molecule has 0 aliphatic heterocycles. The quantitative estimate of drug-likeness (QED) is 0.620. The highest BCUT2D eigenvalue weighted by Gasteiger charge is 2.72. The van der Waals surface area contributed by atoms with Crippen molar-refractivity contribution in [2.75, 3.05) is 6.61 Å². The van der Waals surface area contributed by atoms with Gasteiger partial charge in [-0.05, 0) is 19.4 Å². The van der Waals surface area contributed by atoms with E-state index in [2.05, 4.69) is 4.74 Å². The molecule has 1 aromatic carbocycles. The van der Waals surface area contributed by atoms with Gasteiger partial charge in [-0.1, -0.05) is 30.3 Å². The van der Waals surface area contributed by atoms with Gasteiger partial charge in [0.2, 0.25) is 0 Å². The van der Waals surface area contributed by atoms with Crippen molar-refractivity contribution in [3.63, 3.8) is 0 Å². The van der Waals surface area contributed by atoms with Crippen LogP contribution in [0.2, 0.25) is 0 Å². The van der Waals surface area contributed by atoms with Crippen molar-refractivity contribution in [2.45, 2.75) is 37.9 Å². The average molecular weight is 358 g/mol. The van der Waals surface area contributed by atoms with Crippen LogP contribution in [0.3, 0.4) is 0 Å². The Kier molecular flexibility index (Phi) is 6.09. The Bertz CT molecular complexity index is 530. The van der Waals surface area contributed by atoms with Crippen LogP contribution < -0.4 is 10.6 Å². The third-order valence-electron chi connectivity index (χ3n) is 3.15. The Morgan fingerprint density at radius 1 is 1.08 bits per heavy atom. The molecule has 1 rings (SSSR count). The van der Waals surface area contributed by atoms with E-state index >= 15 is 0 Å². The van der Waals surface area contributed by atoms with Crippen LogP contribution in [0.15, 0.2) is 30.3 Å². The van der Waals surface area contributed by atoms with Gasteiger partial charge in [0.25, 0.3) is 5.66 Å². The van der Waals surface area contributed by atoms with E-state index in [9.17, 15) is 31.1 Å². The number of rotatable bonds is 5. The molecule has 0 bridgehead atoms. The molecular formula is C14H16F6N2O2. The van der Waals surface area contributed by atoms with E-state index in [0.717, 1.165) is 12.2 Å². The summed E-state index contributed by atoms with van der Waals surface area (Å²) in [6.45, 7) is 1.99. The number of amides is 1. The molecule has 10 heteroatoms. The molecule has 0 unspecified atom stereocenters. The molecule has 0 aliphatic rings. The molecule has 136 valence electrons. The highest BCUT2D eigenvalue weighted by Crippen LogP contribution is 2.42. The number of carbonyl (C=O) groups excluding carboxylic acids is 1. The molecule has 0 saturated heterocycles. The number of alkyl carbamates (subject to hydrolysis) is 1. The van der Waals surface area contributed by atoms with E-state index in [-0.39, 0.29) is 12.2 Å². The third-order valence-corrected chi connectivity index (χ3v) is 3.15. The maximum atomic E-state index is 13.3. The summed E-state index contributed by atoms with van der Waals surface area (Å²) in [5.41, 5.74) is -4.47. The van der Waals surface area contributed by atoms with Gasteiger partial charge < -0.3 is 4.74 Å². The molecule has 2 N–H and O–H groups in total. The predicted molar refractivity (Wildman–Crippen MR) is 73.0 cm³/mol. The van der Waals surface area contributed by atoms with Gasteiger partial charge in [0.1, 0.15) is 0 Å². The van der Waals surface area contributed by atoms with Crippen LogP contribution in [-0.2, 0) is 4.74 Å². The molecule has 0 aromatic heterocycles. The lowest BCUT2D eigenvalue weighted by Gasteiger charge is -2.40. The minimum absolute atomic E-state index is 0.182. The maximum Gasteiger partial charge on any atom is 0.434 e. The van der Waals surface area contributed by atoms with Crippen molar-refractivity contribution in [1.82, 2.24) is 10.6 Å². The maximum absolute atomic E-state index is 13.3. The molecule has 0 aliphatic carbocycles. The number of hydrogen-bond donors (Lipinski definition) is 2. The van der Waals surface area contributed by atoms with Gasteiger partial charge in [-0.2, -0.15) is 26.3 Å². The van der Waals surface area contributed by atoms with Gasteiger partial charge in [-0.15, -0.1) is 0 Å². The summed E-state index contributed by atoms with van der Waals surface area (Å²) in [5, 5.41) is 2.34. The molecule has 0 spiro atoms. The number of ether oxygens (including phenoxy) is 1. The minimum Gasteiger partial charge on any atom is -0.450 e. The van der Waals surface area contributed by atoms with Crippen molar-refractivity contribution in [3.8, 4) is 0 Å². The average Bonchev–Trinajstić information content (AvgIpc) is 2.45. The largest absolute Gasteiger partial charge is 0.450 e. The molecule has 1 amide bonds. The summed E-state index contributed by atoms with van der Waals surface area (Å²) in [5.74, 6) is 0. The zero-order chi connectivity index (χ0) is 18.6. The molecule has 24 heavy (non-hydrogen) atoms. The number of alkyl halides is 6. The zero-order valence-corrected chi connectivity index (χ0v) is 12.8. The van der Waals surface area contributed by atoms with Crippen molar-refractivity contribution in [1.29, 1.82) is 0 Å². The number of halogens is 6. The second-order valence-corrected chi connectivity index (χ2v) is 4.87. The molecule has 1 aromatic rings. The van der Waals surface area contributed by atoms with Crippen LogP contribution in [0.1, 0.15) is 25.5 Å². The van der Waals surface area contributed by atoms with Crippen LogP contribution in [0.25, 0.3) is 0 Å². The Morgan fingerprint density at radius 3 is 2.00 bits per heavy atom. The fraction of sp³-hybridized carbons (Fsp3) is 0.500. The third kappa shape index (κ3) is 4.31. The Hall–Kier alpha value is -1.97. The van der Waals surface area contributed by atoms with Crippen molar-refractivity contribution in [2.24, 2.45) is 0 Å². The van der Waals surface area contributed by atoms with Crippen LogP contribution in [-0.4, -0.2) is 30.7 Å². The van der Waals surface area contributed by atoms with Gasteiger partial charge in [-0.25, -0.2) is 4.79 Å². The first-order valence-electron chi connectivity index (χ1n) is 6.85. The van der Waals surface area contributed by atoms with Crippen LogP contribution in [0.5, 0.6) is 0 Å². The highest BCUT2D eigenvalue weighted by molar-refractivity contribution is 5.68. The standard InChI is InChI=1S/C14H16F6N2O2/c1-3-24-11(23)22-12(13(15,16)17,14(18,19)20)21-9(2)10-7-5-4-6-8-10/h4-9,21H,3H2,1-2H3,(H,22,23)/t9-/m1/s1. The molecule has 1 atom stereocenters. The van der Waals surface area contributed by atoms with E-state index < -0.39 is 30.2 Å². The molecule has 0 radical (unpaired) electrons. The summed E-state index contributed by atoms with van der Waals surface area (Å²) in [7, 11) is 0. The number of carbonyl (C=O) groups is 1. The first kappa shape index (κ1) is 20.1.